The van der Waals surface area contributed by atoms with Gasteiger partial charge in [0.25, 0.3) is 0 Å². The van der Waals surface area contributed by atoms with Crippen molar-refractivity contribution >= 4 is 11.6 Å². The molecule has 152 valence electrons. The third kappa shape index (κ3) is 5.25. The van der Waals surface area contributed by atoms with Gasteiger partial charge in [-0.15, -0.1) is 0 Å². The van der Waals surface area contributed by atoms with Gasteiger partial charge in [0.15, 0.2) is 5.96 Å². The second-order valence-corrected chi connectivity index (χ2v) is 7.25. The summed E-state index contributed by atoms with van der Waals surface area (Å²) >= 11 is 0. The highest BCUT2D eigenvalue weighted by Gasteiger charge is 2.17. The number of aliphatic imine (C=N–C) groups is 1. The first-order chi connectivity index (χ1) is 13.6. The molecule has 1 fully saturated rings. The van der Waals surface area contributed by atoms with Crippen molar-refractivity contribution in [2.45, 2.75) is 6.54 Å². The number of rotatable bonds is 6. The summed E-state index contributed by atoms with van der Waals surface area (Å²) in [7, 11) is 5.94. The van der Waals surface area contributed by atoms with Crippen LogP contribution in [0.25, 0.3) is 0 Å². The molecule has 1 aromatic heterocycles. The number of nitrogens with zero attached hydrogens (tertiary/aromatic N) is 5. The molecule has 1 N–H and O–H groups in total. The number of guanidine groups is 1. The van der Waals surface area contributed by atoms with Gasteiger partial charge in [0.1, 0.15) is 5.82 Å². The average Bonchev–Trinajstić information content (AvgIpc) is 3.11. The Labute approximate surface area is 167 Å². The van der Waals surface area contributed by atoms with Gasteiger partial charge in [-0.2, -0.15) is 0 Å². The fraction of sp³-hybridized carbons (Fsp3) is 0.476. The Kier molecular flexibility index (Phi) is 6.92. The minimum atomic E-state index is -0.182. The minimum absolute atomic E-state index is 0.182. The largest absolute Gasteiger partial charge is 0.369 e. The molecule has 1 saturated heterocycles. The number of hydrogen-bond donors (Lipinski definition) is 1. The Morgan fingerprint density at radius 1 is 1.14 bits per heavy atom. The molecular weight excluding hydrogens is 355 g/mol. The summed E-state index contributed by atoms with van der Waals surface area (Å²) in [5.41, 5.74) is 2.35. The van der Waals surface area contributed by atoms with Crippen LogP contribution in [0.2, 0.25) is 0 Å². The lowest BCUT2D eigenvalue weighted by molar-refractivity contribution is 0.260. The Morgan fingerprint density at radius 2 is 1.86 bits per heavy atom. The number of hydrogen-bond acceptors (Lipinski definition) is 3. The van der Waals surface area contributed by atoms with Crippen LogP contribution < -0.4 is 10.2 Å². The van der Waals surface area contributed by atoms with Gasteiger partial charge >= 0.3 is 0 Å². The summed E-state index contributed by atoms with van der Waals surface area (Å²) in [5, 5.41) is 3.47. The van der Waals surface area contributed by atoms with Crippen LogP contribution in [0.15, 0.2) is 47.6 Å². The van der Waals surface area contributed by atoms with Crippen LogP contribution in [0.3, 0.4) is 0 Å². The maximum Gasteiger partial charge on any atom is 0.193 e. The smallest absolute Gasteiger partial charge is 0.193 e. The van der Waals surface area contributed by atoms with Gasteiger partial charge in [-0.25, -0.2) is 4.39 Å². The minimum Gasteiger partial charge on any atom is -0.369 e. The number of aryl methyl sites for hydroxylation is 1. The number of anilines is 1. The average molecular weight is 387 g/mol. The maximum absolute atomic E-state index is 13.1. The van der Waals surface area contributed by atoms with Crippen LogP contribution >= 0.6 is 0 Å². The highest BCUT2D eigenvalue weighted by Crippen LogP contribution is 2.16. The second kappa shape index (κ2) is 9.59. The number of nitrogens with one attached hydrogen (secondary N) is 1. The van der Waals surface area contributed by atoms with E-state index < -0.39 is 0 Å². The zero-order valence-electron chi connectivity index (χ0n) is 17.1. The molecule has 1 aliphatic rings. The molecule has 3 rings (SSSR count). The number of piperazine rings is 1. The van der Waals surface area contributed by atoms with Crippen LogP contribution in [-0.2, 0) is 13.6 Å². The van der Waals surface area contributed by atoms with E-state index >= 15 is 0 Å². The van der Waals surface area contributed by atoms with Crippen molar-refractivity contribution < 1.29 is 4.39 Å². The molecule has 2 aromatic rings. The van der Waals surface area contributed by atoms with E-state index in [0.29, 0.717) is 0 Å². The van der Waals surface area contributed by atoms with Crippen molar-refractivity contribution in [1.82, 2.24) is 19.7 Å². The van der Waals surface area contributed by atoms with E-state index in [4.69, 9.17) is 0 Å². The summed E-state index contributed by atoms with van der Waals surface area (Å²) in [6.45, 7) is 6.61. The Bertz CT molecular complexity index is 761. The van der Waals surface area contributed by atoms with Crippen molar-refractivity contribution in [2.24, 2.45) is 12.0 Å². The normalized spacial score (nSPS) is 15.7. The lowest BCUT2D eigenvalue weighted by Gasteiger charge is -2.36. The van der Waals surface area contributed by atoms with Gasteiger partial charge in [-0.3, -0.25) is 9.89 Å². The van der Waals surface area contributed by atoms with Crippen molar-refractivity contribution in [1.29, 1.82) is 0 Å². The first-order valence-corrected chi connectivity index (χ1v) is 9.81. The second-order valence-electron chi connectivity index (χ2n) is 7.25. The molecule has 1 aliphatic heterocycles. The molecule has 0 radical (unpaired) electrons. The maximum atomic E-state index is 13.1. The molecular formula is C21H31FN6. The fourth-order valence-electron chi connectivity index (χ4n) is 3.57. The summed E-state index contributed by atoms with van der Waals surface area (Å²) < 4.78 is 15.2. The summed E-state index contributed by atoms with van der Waals surface area (Å²) in [4.78, 5) is 11.3. The van der Waals surface area contributed by atoms with E-state index in [1.54, 1.807) is 0 Å². The van der Waals surface area contributed by atoms with Crippen molar-refractivity contribution in [3.05, 3.63) is 54.1 Å². The van der Waals surface area contributed by atoms with Crippen LogP contribution in [0, 0.1) is 5.82 Å². The van der Waals surface area contributed by atoms with Gasteiger partial charge in [0.05, 0.1) is 6.54 Å². The third-order valence-corrected chi connectivity index (χ3v) is 5.30. The van der Waals surface area contributed by atoms with E-state index in [9.17, 15) is 4.39 Å². The summed E-state index contributed by atoms with van der Waals surface area (Å²) in [5.74, 6) is 0.727. The quantitative estimate of drug-likeness (QED) is 0.609. The Hall–Kier alpha value is -2.54. The molecule has 1 aromatic carbocycles. The molecule has 0 unspecified atom stereocenters. The Morgan fingerprint density at radius 3 is 2.46 bits per heavy atom. The van der Waals surface area contributed by atoms with Crippen molar-refractivity contribution in [3.8, 4) is 0 Å². The number of aromatic nitrogens is 1. The lowest BCUT2D eigenvalue weighted by atomic mass is 10.2. The molecule has 0 spiro atoms. The molecule has 7 heteroatoms. The number of benzene rings is 1. The standard InChI is InChI=1S/C21H31FN6/c1-23-21(26(3)17-20-5-4-11-25(20)2)24-10-12-27-13-15-28(16-14-27)19-8-6-18(22)7-9-19/h4-9,11H,10,12-17H2,1-3H3,(H,23,24). The Balaban J connectivity index is 1.40. The highest BCUT2D eigenvalue weighted by molar-refractivity contribution is 5.79. The van der Waals surface area contributed by atoms with Crippen LogP contribution in [0.1, 0.15) is 5.69 Å². The zero-order valence-corrected chi connectivity index (χ0v) is 17.1. The molecule has 6 nitrogen and oxygen atoms in total. The first-order valence-electron chi connectivity index (χ1n) is 9.81. The van der Waals surface area contributed by atoms with Crippen LogP contribution in [0.4, 0.5) is 10.1 Å². The third-order valence-electron chi connectivity index (χ3n) is 5.30. The lowest BCUT2D eigenvalue weighted by Crippen LogP contribution is -2.49. The topological polar surface area (TPSA) is 39.0 Å². The van der Waals surface area contributed by atoms with Gasteiger partial charge in [0, 0.05) is 78.0 Å². The fourth-order valence-corrected chi connectivity index (χ4v) is 3.57. The van der Waals surface area contributed by atoms with Gasteiger partial charge < -0.3 is 19.7 Å². The highest BCUT2D eigenvalue weighted by atomic mass is 19.1. The van der Waals surface area contributed by atoms with E-state index in [1.165, 1.54) is 17.8 Å². The SMILES string of the molecule is CN=C(NCCN1CCN(c2ccc(F)cc2)CC1)N(C)Cc1cccn1C. The molecule has 0 saturated carbocycles. The monoisotopic (exact) mass is 386 g/mol. The molecule has 2 heterocycles. The molecule has 0 aliphatic carbocycles. The predicted octanol–water partition coefficient (Wildman–Crippen LogP) is 1.99. The van der Waals surface area contributed by atoms with Gasteiger partial charge in [-0.05, 0) is 36.4 Å². The molecule has 28 heavy (non-hydrogen) atoms. The molecule has 0 atom stereocenters. The van der Waals surface area contributed by atoms with E-state index in [1.807, 2.05) is 19.2 Å². The first kappa shape index (κ1) is 20.2. The predicted molar refractivity (Wildman–Crippen MR) is 113 cm³/mol. The summed E-state index contributed by atoms with van der Waals surface area (Å²) in [6, 6.07) is 11.0. The summed E-state index contributed by atoms with van der Waals surface area (Å²) in [6.07, 6.45) is 2.06. The van der Waals surface area contributed by atoms with E-state index in [-0.39, 0.29) is 5.82 Å². The van der Waals surface area contributed by atoms with Crippen molar-refractivity contribution in [3.63, 3.8) is 0 Å². The van der Waals surface area contributed by atoms with Crippen LogP contribution in [0.5, 0.6) is 0 Å². The van der Waals surface area contributed by atoms with E-state index in [0.717, 1.165) is 57.5 Å². The van der Waals surface area contributed by atoms with Gasteiger partial charge in [0.2, 0.25) is 0 Å². The van der Waals surface area contributed by atoms with Gasteiger partial charge in [-0.1, -0.05) is 0 Å². The number of halogens is 1. The molecule has 0 amide bonds. The van der Waals surface area contributed by atoms with E-state index in [2.05, 4.69) is 62.0 Å². The van der Waals surface area contributed by atoms with Crippen LogP contribution in [-0.4, -0.2) is 73.7 Å². The molecule has 0 bridgehead atoms. The van der Waals surface area contributed by atoms with Crippen molar-refractivity contribution in [2.75, 3.05) is 58.3 Å². The zero-order chi connectivity index (χ0) is 19.9.